The minimum absolute atomic E-state index is 0.145. The molecule has 17 heavy (non-hydrogen) atoms. The second-order valence-electron chi connectivity index (χ2n) is 3.60. The maximum absolute atomic E-state index is 13.7. The fourth-order valence-electron chi connectivity index (χ4n) is 1.66. The van der Waals surface area contributed by atoms with Gasteiger partial charge in [-0.3, -0.25) is 0 Å². The van der Waals surface area contributed by atoms with E-state index in [1.165, 1.54) is 0 Å². The second-order valence-corrected chi connectivity index (χ2v) is 4.25. The number of rotatable bonds is 3. The zero-order valence-corrected chi connectivity index (χ0v) is 10.0. The van der Waals surface area contributed by atoms with E-state index in [1.54, 1.807) is 0 Å². The number of aromatic amines is 1. The van der Waals surface area contributed by atoms with Gasteiger partial charge in [0, 0.05) is 5.33 Å². The molecule has 9 heteroatoms. The third-order valence-electron chi connectivity index (χ3n) is 2.53. The van der Waals surface area contributed by atoms with E-state index in [9.17, 15) is 19.6 Å². The summed E-state index contributed by atoms with van der Waals surface area (Å²) in [5, 5.41) is 20.2. The molecule has 0 unspecified atom stereocenters. The fraction of sp³-hybridized carbons (Fsp3) is 0.625. The number of aliphatic hydroxyl groups is 1. The first-order valence-corrected chi connectivity index (χ1v) is 5.89. The maximum atomic E-state index is 13.7. The fourth-order valence-corrected chi connectivity index (χ4v) is 2.20. The predicted molar refractivity (Wildman–Crippen MR) is 57.6 cm³/mol. The number of nitrogens with zero attached hydrogens (tertiary/aromatic N) is 2. The van der Waals surface area contributed by atoms with Crippen LogP contribution in [0, 0.1) is 10.1 Å². The van der Waals surface area contributed by atoms with Crippen molar-refractivity contribution in [1.82, 2.24) is 9.97 Å². The van der Waals surface area contributed by atoms with Crippen LogP contribution in [0.25, 0.3) is 0 Å². The monoisotopic (exact) mass is 309 g/mol. The summed E-state index contributed by atoms with van der Waals surface area (Å²) >= 11 is 3.09. The van der Waals surface area contributed by atoms with Gasteiger partial charge in [-0.2, -0.15) is 0 Å². The van der Waals surface area contributed by atoms with Gasteiger partial charge in [0.05, 0.1) is 6.10 Å². The molecule has 2 heterocycles. The summed E-state index contributed by atoms with van der Waals surface area (Å²) in [5.74, 6) is -0.479. The molecule has 1 aliphatic rings. The zero-order chi connectivity index (χ0) is 12.6. The van der Waals surface area contributed by atoms with Crippen molar-refractivity contribution < 1.29 is 19.2 Å². The van der Waals surface area contributed by atoms with Gasteiger partial charge in [-0.05, 0) is 4.92 Å². The second kappa shape index (κ2) is 4.67. The lowest BCUT2D eigenvalue weighted by atomic mass is 10.1. The molecule has 1 aliphatic heterocycles. The number of hydrogen-bond acceptors (Lipinski definition) is 5. The molecule has 0 radical (unpaired) electrons. The molecule has 2 rings (SSSR count). The van der Waals surface area contributed by atoms with Crippen LogP contribution in [0.3, 0.4) is 0 Å². The smallest absolute Gasteiger partial charge is 0.390 e. The highest BCUT2D eigenvalue weighted by atomic mass is 79.9. The number of alkyl halides is 2. The molecule has 1 aromatic rings. The highest BCUT2D eigenvalue weighted by Gasteiger charge is 2.46. The van der Waals surface area contributed by atoms with E-state index in [4.69, 9.17) is 4.74 Å². The Labute approximate surface area is 103 Å². The van der Waals surface area contributed by atoms with Gasteiger partial charge in [0.25, 0.3) is 0 Å². The minimum Gasteiger partial charge on any atom is -0.390 e. The number of hydrogen-bond donors (Lipinski definition) is 2. The number of aliphatic hydroxyl groups excluding tert-OH is 1. The van der Waals surface area contributed by atoms with Crippen LogP contribution < -0.4 is 0 Å². The van der Waals surface area contributed by atoms with Gasteiger partial charge in [0.15, 0.2) is 6.17 Å². The Morgan fingerprint density at radius 2 is 2.47 bits per heavy atom. The Kier molecular flexibility index (Phi) is 3.40. The highest BCUT2D eigenvalue weighted by molar-refractivity contribution is 9.09. The number of H-pyrrole nitrogens is 1. The zero-order valence-electron chi connectivity index (χ0n) is 8.42. The Morgan fingerprint density at radius 1 is 1.76 bits per heavy atom. The molecule has 1 saturated heterocycles. The predicted octanol–water partition coefficient (Wildman–Crippen LogP) is 0.852. The molecule has 94 valence electrons. The van der Waals surface area contributed by atoms with Crippen molar-refractivity contribution in [3.8, 4) is 0 Å². The van der Waals surface area contributed by atoms with E-state index >= 15 is 0 Å². The molecule has 0 aliphatic carbocycles. The van der Waals surface area contributed by atoms with Crippen molar-refractivity contribution in [2.75, 3.05) is 5.33 Å². The average Bonchev–Trinajstić information content (AvgIpc) is 2.87. The molecule has 1 fully saturated rings. The van der Waals surface area contributed by atoms with Crippen molar-refractivity contribution in [2.45, 2.75) is 24.5 Å². The number of halogens is 2. The van der Waals surface area contributed by atoms with Gasteiger partial charge < -0.3 is 20.0 Å². The molecule has 1 aromatic heterocycles. The van der Waals surface area contributed by atoms with E-state index in [2.05, 4.69) is 25.9 Å². The maximum Gasteiger partial charge on any atom is 0.432 e. The number of aromatic nitrogens is 2. The van der Waals surface area contributed by atoms with Crippen LogP contribution in [0.4, 0.5) is 10.3 Å². The Balaban J connectivity index is 2.19. The normalized spacial score (nSPS) is 32.9. The third kappa shape index (κ3) is 2.17. The Bertz CT molecular complexity index is 429. The average molecular weight is 310 g/mol. The SMILES string of the molecule is O=[N+]([O-])c1ncc([C@@H]2O[C@H](CBr)[C@@H](O)[C@@H]2F)[nH]1. The van der Waals surface area contributed by atoms with Crippen LogP contribution in [-0.4, -0.2) is 43.7 Å². The number of nitrogens with one attached hydrogen (secondary N) is 1. The van der Waals surface area contributed by atoms with Gasteiger partial charge in [-0.25, -0.2) is 9.37 Å². The summed E-state index contributed by atoms with van der Waals surface area (Å²) in [5.41, 5.74) is 0.145. The minimum atomic E-state index is -1.64. The molecule has 0 spiro atoms. The first-order chi connectivity index (χ1) is 8.04. The van der Waals surface area contributed by atoms with E-state index in [1.807, 2.05) is 0 Å². The topological polar surface area (TPSA) is 101 Å². The lowest BCUT2D eigenvalue weighted by Crippen LogP contribution is -2.28. The summed E-state index contributed by atoms with van der Waals surface area (Å²) < 4.78 is 18.9. The van der Waals surface area contributed by atoms with E-state index in [0.717, 1.165) is 6.20 Å². The third-order valence-corrected chi connectivity index (χ3v) is 3.17. The molecular weight excluding hydrogens is 301 g/mol. The van der Waals surface area contributed by atoms with Crippen molar-refractivity contribution in [2.24, 2.45) is 0 Å². The summed E-state index contributed by atoms with van der Waals surface area (Å²) in [7, 11) is 0. The molecule has 0 bridgehead atoms. The van der Waals surface area contributed by atoms with Crippen LogP contribution in [0.15, 0.2) is 6.20 Å². The summed E-state index contributed by atoms with van der Waals surface area (Å²) in [6.45, 7) is 0. The number of ether oxygens (including phenoxy) is 1. The van der Waals surface area contributed by atoms with Crippen LogP contribution >= 0.6 is 15.9 Å². The molecule has 0 amide bonds. The molecule has 0 saturated carbocycles. The van der Waals surface area contributed by atoms with Crippen molar-refractivity contribution >= 4 is 21.9 Å². The summed E-state index contributed by atoms with van der Waals surface area (Å²) in [6.07, 6.45) is -3.51. The van der Waals surface area contributed by atoms with Gasteiger partial charge in [0.1, 0.15) is 24.1 Å². The first kappa shape index (κ1) is 12.4. The van der Waals surface area contributed by atoms with E-state index in [0.29, 0.717) is 0 Å². The van der Waals surface area contributed by atoms with Gasteiger partial charge in [-0.15, -0.1) is 0 Å². The number of nitro groups is 1. The van der Waals surface area contributed by atoms with Crippen LogP contribution in [-0.2, 0) is 4.74 Å². The van der Waals surface area contributed by atoms with Crippen molar-refractivity contribution in [3.63, 3.8) is 0 Å². The van der Waals surface area contributed by atoms with Crippen LogP contribution in [0.5, 0.6) is 0 Å². The molecular formula is C8H9BrFN3O4. The highest BCUT2D eigenvalue weighted by Crippen LogP contribution is 2.35. The van der Waals surface area contributed by atoms with Crippen LogP contribution in [0.2, 0.25) is 0 Å². The summed E-state index contributed by atoms with van der Waals surface area (Å²) in [4.78, 5) is 15.5. The largest absolute Gasteiger partial charge is 0.432 e. The van der Waals surface area contributed by atoms with Crippen molar-refractivity contribution in [3.05, 3.63) is 22.0 Å². The standard InChI is InChI=1S/C8H9BrFN3O4/c9-1-4-6(14)5(10)7(17-4)3-2-11-8(12-3)13(15)16/h2,4-7,14H,1H2,(H,11,12)/t4-,5+,6-,7+/m1/s1. The van der Waals surface area contributed by atoms with E-state index < -0.39 is 35.4 Å². The quantitative estimate of drug-likeness (QED) is 0.490. The van der Waals surface area contributed by atoms with Gasteiger partial charge in [0.2, 0.25) is 0 Å². The van der Waals surface area contributed by atoms with Gasteiger partial charge >= 0.3 is 5.95 Å². The Hall–Kier alpha value is -1.06. The lowest BCUT2D eigenvalue weighted by molar-refractivity contribution is -0.393. The molecule has 7 nitrogen and oxygen atoms in total. The summed E-state index contributed by atoms with van der Waals surface area (Å²) in [6, 6.07) is 0. The Morgan fingerprint density at radius 3 is 2.94 bits per heavy atom. The molecule has 2 N–H and O–H groups in total. The van der Waals surface area contributed by atoms with Crippen molar-refractivity contribution in [1.29, 1.82) is 0 Å². The molecule has 4 atom stereocenters. The van der Waals surface area contributed by atoms with E-state index in [-0.39, 0.29) is 11.0 Å². The molecule has 0 aromatic carbocycles. The number of imidazole rings is 1. The first-order valence-electron chi connectivity index (χ1n) is 4.77. The lowest BCUT2D eigenvalue weighted by Gasteiger charge is -2.08. The van der Waals surface area contributed by atoms with Gasteiger partial charge in [-0.1, -0.05) is 20.9 Å². The van der Waals surface area contributed by atoms with Crippen LogP contribution in [0.1, 0.15) is 11.8 Å².